The summed E-state index contributed by atoms with van der Waals surface area (Å²) in [5.41, 5.74) is 4.42. The molecule has 0 N–H and O–H groups in total. The summed E-state index contributed by atoms with van der Waals surface area (Å²) in [6.07, 6.45) is 2.74. The van der Waals surface area contributed by atoms with Crippen molar-refractivity contribution in [2.45, 2.75) is 45.4 Å². The molecule has 0 unspecified atom stereocenters. The van der Waals surface area contributed by atoms with E-state index in [0.29, 0.717) is 6.61 Å². The minimum absolute atomic E-state index is 0.141. The lowest BCUT2D eigenvalue weighted by Crippen LogP contribution is -2.33. The summed E-state index contributed by atoms with van der Waals surface area (Å²) in [6.45, 7) is 5.56. The second kappa shape index (κ2) is 9.57. The maximum atomic E-state index is 6.46. The van der Waals surface area contributed by atoms with Crippen molar-refractivity contribution in [1.29, 1.82) is 0 Å². The third-order valence-corrected chi connectivity index (χ3v) is 6.13. The molecule has 2 atom stereocenters. The number of rotatable bonds is 8. The Labute approximate surface area is 195 Å². The van der Waals surface area contributed by atoms with E-state index in [1.54, 1.807) is 0 Å². The Hall–Kier alpha value is -3.47. The molecule has 0 amide bonds. The first-order chi connectivity index (χ1) is 16.3. The normalized spacial score (nSPS) is 18.7. The van der Waals surface area contributed by atoms with Gasteiger partial charge in [-0.05, 0) is 73.5 Å². The molecule has 0 fully saturated rings. The lowest BCUT2D eigenvalue weighted by atomic mass is 9.96. The Bertz CT molecular complexity index is 1110. The van der Waals surface area contributed by atoms with Gasteiger partial charge in [0.05, 0.1) is 25.0 Å². The van der Waals surface area contributed by atoms with E-state index in [1.807, 2.05) is 37.3 Å². The van der Waals surface area contributed by atoms with Gasteiger partial charge in [0.25, 0.3) is 0 Å². The number of para-hydroxylation sites is 1. The molecule has 170 valence electrons. The van der Waals surface area contributed by atoms with Gasteiger partial charge in [0.1, 0.15) is 17.2 Å². The summed E-state index contributed by atoms with van der Waals surface area (Å²) in [4.78, 5) is 0. The molecule has 0 saturated carbocycles. The quantitative estimate of drug-likeness (QED) is 0.373. The van der Waals surface area contributed by atoms with E-state index < -0.39 is 0 Å². The van der Waals surface area contributed by atoms with E-state index in [9.17, 15) is 0 Å². The van der Waals surface area contributed by atoms with Crippen LogP contribution in [0.3, 0.4) is 0 Å². The average Bonchev–Trinajstić information content (AvgIpc) is 3.31. The van der Waals surface area contributed by atoms with Crippen molar-refractivity contribution < 1.29 is 14.2 Å². The molecule has 33 heavy (non-hydrogen) atoms. The number of ether oxygens (including phenoxy) is 3. The highest BCUT2D eigenvalue weighted by Crippen LogP contribution is 2.47. The molecule has 2 aliphatic heterocycles. The molecule has 2 heterocycles. The molecule has 0 aromatic heterocycles. The van der Waals surface area contributed by atoms with Crippen molar-refractivity contribution in [3.63, 3.8) is 0 Å². The van der Waals surface area contributed by atoms with Gasteiger partial charge < -0.3 is 14.2 Å². The number of benzene rings is 3. The molecule has 5 nitrogen and oxygen atoms in total. The van der Waals surface area contributed by atoms with Crippen LogP contribution in [0.25, 0.3) is 0 Å². The van der Waals surface area contributed by atoms with E-state index in [4.69, 9.17) is 19.3 Å². The number of hydrazone groups is 1. The summed E-state index contributed by atoms with van der Waals surface area (Å²) < 4.78 is 17.9. The van der Waals surface area contributed by atoms with Crippen LogP contribution in [-0.4, -0.2) is 23.9 Å². The molecule has 0 bridgehead atoms. The first-order valence-electron chi connectivity index (χ1n) is 11.8. The summed E-state index contributed by atoms with van der Waals surface area (Å²) in [5.74, 6) is 2.69. The van der Waals surface area contributed by atoms with Gasteiger partial charge in [0.2, 0.25) is 6.23 Å². The third-order valence-electron chi connectivity index (χ3n) is 6.13. The molecule has 0 spiro atoms. The number of nitrogens with zero attached hydrogens (tertiary/aromatic N) is 2. The standard InChI is InChI=1S/C28H30N2O3/c1-3-5-18-32-23-16-12-21(13-17-23)28-30-26(24-8-6-7-9-27(24)33-28)19-25(29-30)20-10-14-22(15-11-20)31-4-2/h6-17,26,28H,3-5,18-19H2,1-2H3/t26-,28+/m0/s1. The van der Waals surface area contributed by atoms with Crippen LogP contribution < -0.4 is 14.2 Å². The Morgan fingerprint density at radius 2 is 1.64 bits per heavy atom. The molecule has 5 rings (SSSR count). The SMILES string of the molecule is CCCCOc1ccc([C@H]2Oc3ccccc3[C@@H]3CC(c4ccc(OCC)cc4)=NN23)cc1. The number of fused-ring (bicyclic) bond motifs is 3. The zero-order valence-corrected chi connectivity index (χ0v) is 19.2. The van der Waals surface area contributed by atoms with Crippen LogP contribution in [0.5, 0.6) is 17.2 Å². The second-order valence-electron chi connectivity index (χ2n) is 8.38. The van der Waals surface area contributed by atoms with Crippen molar-refractivity contribution in [2.75, 3.05) is 13.2 Å². The first kappa shape index (κ1) is 21.4. The van der Waals surface area contributed by atoms with Crippen molar-refractivity contribution in [2.24, 2.45) is 5.10 Å². The molecular weight excluding hydrogens is 412 g/mol. The minimum atomic E-state index is -0.283. The predicted octanol–water partition coefficient (Wildman–Crippen LogP) is 6.51. The van der Waals surface area contributed by atoms with Crippen LogP contribution in [0.15, 0.2) is 77.9 Å². The van der Waals surface area contributed by atoms with Gasteiger partial charge in [0.15, 0.2) is 0 Å². The third kappa shape index (κ3) is 4.40. The lowest BCUT2D eigenvalue weighted by Gasteiger charge is -2.38. The highest BCUT2D eigenvalue weighted by atomic mass is 16.5. The Kier molecular flexibility index (Phi) is 6.20. The minimum Gasteiger partial charge on any atom is -0.494 e. The van der Waals surface area contributed by atoms with Gasteiger partial charge in [-0.3, -0.25) is 0 Å². The highest BCUT2D eigenvalue weighted by Gasteiger charge is 2.40. The Morgan fingerprint density at radius 1 is 0.909 bits per heavy atom. The van der Waals surface area contributed by atoms with Crippen LogP contribution in [0.1, 0.15) is 62.1 Å². The fraction of sp³-hybridized carbons (Fsp3) is 0.321. The van der Waals surface area contributed by atoms with Crippen LogP contribution in [0.2, 0.25) is 0 Å². The van der Waals surface area contributed by atoms with Crippen LogP contribution in [0, 0.1) is 0 Å². The van der Waals surface area contributed by atoms with E-state index in [1.165, 1.54) is 5.56 Å². The van der Waals surface area contributed by atoms with Crippen molar-refractivity contribution in [3.05, 3.63) is 89.5 Å². The summed E-state index contributed by atoms with van der Waals surface area (Å²) >= 11 is 0. The topological polar surface area (TPSA) is 43.3 Å². The predicted molar refractivity (Wildman–Crippen MR) is 130 cm³/mol. The molecular formula is C28H30N2O3. The Balaban J connectivity index is 1.43. The van der Waals surface area contributed by atoms with E-state index >= 15 is 0 Å². The molecule has 5 heteroatoms. The zero-order valence-electron chi connectivity index (χ0n) is 19.2. The molecule has 3 aromatic carbocycles. The van der Waals surface area contributed by atoms with Crippen molar-refractivity contribution in [1.82, 2.24) is 5.01 Å². The zero-order chi connectivity index (χ0) is 22.6. The maximum Gasteiger partial charge on any atom is 0.213 e. The fourth-order valence-electron chi connectivity index (χ4n) is 4.40. The van der Waals surface area contributed by atoms with Gasteiger partial charge in [-0.1, -0.05) is 31.5 Å². The number of unbranched alkanes of at least 4 members (excludes halogenated alkanes) is 1. The smallest absolute Gasteiger partial charge is 0.213 e. The van der Waals surface area contributed by atoms with Crippen LogP contribution in [0.4, 0.5) is 0 Å². The van der Waals surface area contributed by atoms with Crippen molar-refractivity contribution >= 4 is 5.71 Å². The van der Waals surface area contributed by atoms with Gasteiger partial charge in [-0.2, -0.15) is 5.10 Å². The molecule has 0 radical (unpaired) electrons. The number of hydrogen-bond donors (Lipinski definition) is 0. The second-order valence-corrected chi connectivity index (χ2v) is 8.38. The van der Waals surface area contributed by atoms with E-state index in [0.717, 1.165) is 60.0 Å². The monoisotopic (exact) mass is 442 g/mol. The van der Waals surface area contributed by atoms with Crippen molar-refractivity contribution in [3.8, 4) is 17.2 Å². The highest BCUT2D eigenvalue weighted by molar-refractivity contribution is 6.02. The summed E-state index contributed by atoms with van der Waals surface area (Å²) in [5, 5.41) is 7.16. The fourth-order valence-corrected chi connectivity index (χ4v) is 4.40. The molecule has 0 aliphatic carbocycles. The maximum absolute atomic E-state index is 6.46. The first-order valence-corrected chi connectivity index (χ1v) is 11.8. The van der Waals surface area contributed by atoms with Gasteiger partial charge in [-0.15, -0.1) is 0 Å². The molecule has 2 aliphatic rings. The summed E-state index contributed by atoms with van der Waals surface area (Å²) in [6, 6.07) is 24.9. The largest absolute Gasteiger partial charge is 0.494 e. The van der Waals surface area contributed by atoms with E-state index in [2.05, 4.69) is 54.4 Å². The van der Waals surface area contributed by atoms with E-state index in [-0.39, 0.29) is 12.3 Å². The molecule has 0 saturated heterocycles. The average molecular weight is 443 g/mol. The van der Waals surface area contributed by atoms with Gasteiger partial charge in [-0.25, -0.2) is 5.01 Å². The van der Waals surface area contributed by atoms with Gasteiger partial charge in [0, 0.05) is 17.5 Å². The Morgan fingerprint density at radius 3 is 2.39 bits per heavy atom. The van der Waals surface area contributed by atoms with Crippen LogP contribution >= 0.6 is 0 Å². The number of hydrogen-bond acceptors (Lipinski definition) is 5. The lowest BCUT2D eigenvalue weighted by molar-refractivity contribution is -0.0190. The summed E-state index contributed by atoms with van der Waals surface area (Å²) in [7, 11) is 0. The van der Waals surface area contributed by atoms with Gasteiger partial charge >= 0.3 is 0 Å². The van der Waals surface area contributed by atoms with Crippen LogP contribution in [-0.2, 0) is 0 Å². The molecule has 3 aromatic rings.